The van der Waals surface area contributed by atoms with Gasteiger partial charge in [-0.2, -0.15) is 4.98 Å². The van der Waals surface area contributed by atoms with Crippen molar-refractivity contribution in [3.05, 3.63) is 42.2 Å². The molecule has 3 atom stereocenters. The van der Waals surface area contributed by atoms with Gasteiger partial charge in [-0.1, -0.05) is 30.3 Å². The van der Waals surface area contributed by atoms with Gasteiger partial charge in [0, 0.05) is 6.42 Å². The molecule has 1 saturated heterocycles. The van der Waals surface area contributed by atoms with Gasteiger partial charge in [0.2, 0.25) is 0 Å². The molecular formula is C23H35N5O4Si2. The van der Waals surface area contributed by atoms with Crippen molar-refractivity contribution in [3.63, 3.8) is 0 Å². The molecule has 4 rings (SSSR count). The molecule has 9 nitrogen and oxygen atoms in total. The van der Waals surface area contributed by atoms with E-state index in [0.29, 0.717) is 42.6 Å². The molecule has 0 amide bonds. The monoisotopic (exact) mass is 501 g/mol. The van der Waals surface area contributed by atoms with E-state index in [4.69, 9.17) is 24.1 Å². The number of ether oxygens (including phenoxy) is 2. The summed E-state index contributed by atoms with van der Waals surface area (Å²) in [6, 6.07) is 10.3. The SMILES string of the molecule is C[Si](C)(C)OC[C@H]1O[C@@H](n2c(OCc3ccccc3)nc3c(N)ncnc32)C[C@@H]1O[Si](C)(C)C. The zero-order chi connectivity index (χ0) is 24.5. The molecule has 0 aliphatic carbocycles. The Bertz CT molecular complexity index is 1110. The van der Waals surface area contributed by atoms with Gasteiger partial charge in [0.15, 0.2) is 33.6 Å². The van der Waals surface area contributed by atoms with Gasteiger partial charge in [-0.15, -0.1) is 0 Å². The van der Waals surface area contributed by atoms with E-state index >= 15 is 0 Å². The lowest BCUT2D eigenvalue weighted by Gasteiger charge is -2.28. The van der Waals surface area contributed by atoms with Gasteiger partial charge in [0.05, 0.1) is 12.7 Å². The molecule has 1 aromatic carbocycles. The zero-order valence-electron chi connectivity index (χ0n) is 20.8. The van der Waals surface area contributed by atoms with Crippen LogP contribution < -0.4 is 10.5 Å². The molecule has 34 heavy (non-hydrogen) atoms. The van der Waals surface area contributed by atoms with Crippen LogP contribution in [0.1, 0.15) is 18.2 Å². The van der Waals surface area contributed by atoms with Crippen LogP contribution in [-0.4, -0.2) is 55.0 Å². The molecule has 0 radical (unpaired) electrons. The molecule has 0 spiro atoms. The first-order valence-corrected chi connectivity index (χ1v) is 18.4. The molecule has 11 heteroatoms. The first kappa shape index (κ1) is 24.8. The molecule has 0 bridgehead atoms. The predicted molar refractivity (Wildman–Crippen MR) is 137 cm³/mol. The van der Waals surface area contributed by atoms with Crippen molar-refractivity contribution in [2.45, 2.75) is 70.7 Å². The lowest BCUT2D eigenvalue weighted by atomic mass is 10.2. The number of aromatic nitrogens is 4. The summed E-state index contributed by atoms with van der Waals surface area (Å²) in [6.07, 6.45) is 1.42. The standard InChI is InChI=1S/C23H35N5O4Si2/c1-33(2,3)30-14-18-17(32-34(4,5)6)12-19(31-18)28-22-20(21(24)25-15-26-22)27-23(28)29-13-16-10-8-7-9-11-16/h7-11,15,17-19H,12-14H2,1-6H3,(H2,24,25,26)/t17-,18+,19+/m0/s1. The molecule has 0 unspecified atom stereocenters. The lowest BCUT2D eigenvalue weighted by Crippen LogP contribution is -2.40. The average Bonchev–Trinajstić information content (AvgIpc) is 3.31. The summed E-state index contributed by atoms with van der Waals surface area (Å²) in [4.78, 5) is 13.2. The predicted octanol–water partition coefficient (Wildman–Crippen LogP) is 4.35. The smallest absolute Gasteiger partial charge is 0.301 e. The number of hydrogen-bond acceptors (Lipinski definition) is 8. The largest absolute Gasteiger partial charge is 0.460 e. The Morgan fingerprint density at radius 1 is 1.06 bits per heavy atom. The van der Waals surface area contributed by atoms with Gasteiger partial charge in [-0.05, 0) is 44.8 Å². The van der Waals surface area contributed by atoms with E-state index in [1.807, 2.05) is 34.9 Å². The Morgan fingerprint density at radius 2 is 1.79 bits per heavy atom. The minimum atomic E-state index is -1.81. The third kappa shape index (κ3) is 6.02. The highest BCUT2D eigenvalue weighted by Gasteiger charge is 2.42. The van der Waals surface area contributed by atoms with Gasteiger partial charge >= 0.3 is 6.01 Å². The van der Waals surface area contributed by atoms with Crippen LogP contribution in [0.2, 0.25) is 39.3 Å². The van der Waals surface area contributed by atoms with Crippen LogP contribution >= 0.6 is 0 Å². The fourth-order valence-electron chi connectivity index (χ4n) is 3.91. The van der Waals surface area contributed by atoms with Crippen LogP contribution in [0.3, 0.4) is 0 Å². The highest BCUT2D eigenvalue weighted by Crippen LogP contribution is 2.38. The summed E-state index contributed by atoms with van der Waals surface area (Å²) in [5.41, 5.74) is 8.24. The highest BCUT2D eigenvalue weighted by atomic mass is 28.4. The second kappa shape index (κ2) is 9.74. The maximum atomic E-state index is 6.54. The number of benzene rings is 1. The molecular weight excluding hydrogens is 466 g/mol. The van der Waals surface area contributed by atoms with Crippen molar-refractivity contribution < 1.29 is 18.3 Å². The summed E-state index contributed by atoms with van der Waals surface area (Å²) in [6.45, 7) is 13.9. The van der Waals surface area contributed by atoms with Crippen molar-refractivity contribution in [3.8, 4) is 6.01 Å². The van der Waals surface area contributed by atoms with Crippen molar-refractivity contribution in [1.82, 2.24) is 19.5 Å². The van der Waals surface area contributed by atoms with E-state index < -0.39 is 16.6 Å². The van der Waals surface area contributed by atoms with E-state index in [1.165, 1.54) is 6.33 Å². The second-order valence-corrected chi connectivity index (χ2v) is 19.5. The molecule has 2 N–H and O–H groups in total. The Labute approximate surface area is 202 Å². The van der Waals surface area contributed by atoms with E-state index in [-0.39, 0.29) is 18.4 Å². The van der Waals surface area contributed by atoms with E-state index in [9.17, 15) is 0 Å². The summed E-state index contributed by atoms with van der Waals surface area (Å²) >= 11 is 0. The van der Waals surface area contributed by atoms with E-state index in [2.05, 4.69) is 54.2 Å². The van der Waals surface area contributed by atoms with Gasteiger partial charge in [-0.25, -0.2) is 9.97 Å². The number of hydrogen-bond donors (Lipinski definition) is 1. The fraction of sp³-hybridized carbons (Fsp3) is 0.522. The summed E-state index contributed by atoms with van der Waals surface area (Å²) in [7, 11) is -3.53. The molecule has 1 aliphatic rings. The minimum Gasteiger partial charge on any atom is -0.460 e. The second-order valence-electron chi connectivity index (χ2n) is 10.5. The maximum absolute atomic E-state index is 6.54. The molecule has 0 saturated carbocycles. The van der Waals surface area contributed by atoms with Crippen molar-refractivity contribution >= 4 is 33.6 Å². The number of imidazole rings is 1. The van der Waals surface area contributed by atoms with Gasteiger partial charge in [0.1, 0.15) is 25.3 Å². The number of rotatable bonds is 9. The molecule has 3 aromatic rings. The quantitative estimate of drug-likeness (QED) is 0.431. The van der Waals surface area contributed by atoms with Gasteiger partial charge < -0.3 is 24.1 Å². The van der Waals surface area contributed by atoms with E-state index in [0.717, 1.165) is 5.56 Å². The maximum Gasteiger partial charge on any atom is 0.301 e. The molecule has 1 fully saturated rings. The van der Waals surface area contributed by atoms with Crippen LogP contribution in [-0.2, 0) is 20.2 Å². The van der Waals surface area contributed by atoms with Crippen LogP contribution in [0.15, 0.2) is 36.7 Å². The highest BCUT2D eigenvalue weighted by molar-refractivity contribution is 6.70. The van der Waals surface area contributed by atoms with Crippen molar-refractivity contribution in [2.75, 3.05) is 12.3 Å². The Balaban J connectivity index is 1.65. The Morgan fingerprint density at radius 3 is 2.47 bits per heavy atom. The van der Waals surface area contributed by atoms with Crippen molar-refractivity contribution in [2.24, 2.45) is 0 Å². The van der Waals surface area contributed by atoms with Crippen molar-refractivity contribution in [1.29, 1.82) is 0 Å². The van der Waals surface area contributed by atoms with Gasteiger partial charge in [0.25, 0.3) is 0 Å². The zero-order valence-corrected chi connectivity index (χ0v) is 22.8. The van der Waals surface area contributed by atoms with E-state index in [1.54, 1.807) is 0 Å². The summed E-state index contributed by atoms with van der Waals surface area (Å²) < 4.78 is 27.3. The number of fused-ring (bicyclic) bond motifs is 1. The summed E-state index contributed by atoms with van der Waals surface area (Å²) in [5.74, 6) is 0.305. The molecule has 3 heterocycles. The van der Waals surface area contributed by atoms with Crippen LogP contribution in [0.25, 0.3) is 11.2 Å². The van der Waals surface area contributed by atoms with Crippen LogP contribution in [0.4, 0.5) is 5.82 Å². The number of nitrogens with two attached hydrogens (primary N) is 1. The first-order chi connectivity index (χ1) is 16.0. The van der Waals surface area contributed by atoms with Gasteiger partial charge in [-0.3, -0.25) is 4.57 Å². The average molecular weight is 502 g/mol. The summed E-state index contributed by atoms with van der Waals surface area (Å²) in [5, 5.41) is 0. The van der Waals surface area contributed by atoms with Crippen LogP contribution in [0.5, 0.6) is 6.01 Å². The molecule has 184 valence electrons. The third-order valence-corrected chi connectivity index (χ3v) is 7.38. The fourth-order valence-corrected chi connectivity index (χ4v) is 5.73. The number of nitrogen functional groups attached to an aromatic ring is 1. The minimum absolute atomic E-state index is 0.0911. The first-order valence-electron chi connectivity index (χ1n) is 11.6. The molecule has 2 aromatic heterocycles. The Kier molecular flexibility index (Phi) is 7.10. The Hall–Kier alpha value is -2.32. The topological polar surface area (TPSA) is 107 Å². The lowest BCUT2D eigenvalue weighted by molar-refractivity contribution is -0.0394. The molecule has 1 aliphatic heterocycles. The number of anilines is 1. The third-order valence-electron chi connectivity index (χ3n) is 5.34. The van der Waals surface area contributed by atoms with Crippen LogP contribution in [0, 0.1) is 0 Å². The normalized spacial score (nSPS) is 21.3. The number of nitrogens with zero attached hydrogens (tertiary/aromatic N) is 4.